The summed E-state index contributed by atoms with van der Waals surface area (Å²) < 4.78 is 40.4. The van der Waals surface area contributed by atoms with Gasteiger partial charge in [-0.2, -0.15) is 4.31 Å². The SMILES string of the molecule is COC1CN(c2ccccc2)CC1Oc1cccc(CS(=O)(=O)N2CCCC2c2ccccn2)c1. The largest absolute Gasteiger partial charge is 0.486 e. The maximum Gasteiger partial charge on any atom is 0.218 e. The van der Waals surface area contributed by atoms with E-state index in [-0.39, 0.29) is 24.0 Å². The van der Waals surface area contributed by atoms with Gasteiger partial charge in [-0.1, -0.05) is 36.4 Å². The molecule has 0 amide bonds. The van der Waals surface area contributed by atoms with Crippen molar-refractivity contribution in [3.63, 3.8) is 0 Å². The van der Waals surface area contributed by atoms with E-state index in [2.05, 4.69) is 22.0 Å². The van der Waals surface area contributed by atoms with Crippen LogP contribution in [0.5, 0.6) is 5.75 Å². The van der Waals surface area contributed by atoms with Crippen molar-refractivity contribution in [2.45, 2.75) is 36.8 Å². The number of ether oxygens (including phenoxy) is 2. The minimum absolute atomic E-state index is 0.0674. The van der Waals surface area contributed by atoms with E-state index in [4.69, 9.17) is 9.47 Å². The van der Waals surface area contributed by atoms with Gasteiger partial charge in [0.15, 0.2) is 0 Å². The standard InChI is InChI=1S/C27H31N3O4S/c1-33-26-18-29(22-10-3-2-4-11-22)19-27(26)34-23-12-7-9-21(17-23)20-35(31,32)30-16-8-14-25(30)24-13-5-6-15-28-24/h2-7,9-13,15,17,25-27H,8,14,16,18-20H2,1H3. The molecule has 3 unspecified atom stereocenters. The van der Waals surface area contributed by atoms with Crippen LogP contribution in [0.3, 0.4) is 0 Å². The Morgan fingerprint density at radius 3 is 2.54 bits per heavy atom. The highest BCUT2D eigenvalue weighted by Crippen LogP contribution is 2.34. The molecule has 0 radical (unpaired) electrons. The molecular formula is C27H31N3O4S. The summed E-state index contributed by atoms with van der Waals surface area (Å²) in [5, 5.41) is 0. The summed E-state index contributed by atoms with van der Waals surface area (Å²) in [6, 6.07) is 23.1. The number of pyridine rings is 1. The number of hydrogen-bond donors (Lipinski definition) is 0. The van der Waals surface area contributed by atoms with E-state index in [9.17, 15) is 8.42 Å². The Kier molecular flexibility index (Phi) is 7.04. The normalized spacial score (nSPS) is 23.0. The van der Waals surface area contributed by atoms with Crippen LogP contribution in [0.2, 0.25) is 0 Å². The van der Waals surface area contributed by atoms with Crippen LogP contribution >= 0.6 is 0 Å². The number of para-hydroxylation sites is 1. The van der Waals surface area contributed by atoms with Gasteiger partial charge in [0.25, 0.3) is 0 Å². The molecule has 184 valence electrons. The van der Waals surface area contributed by atoms with Crippen LogP contribution in [-0.4, -0.2) is 56.7 Å². The van der Waals surface area contributed by atoms with Crippen molar-refractivity contribution in [1.82, 2.24) is 9.29 Å². The quantitative estimate of drug-likeness (QED) is 0.472. The molecule has 2 aliphatic heterocycles. The Morgan fingerprint density at radius 1 is 0.971 bits per heavy atom. The average Bonchev–Trinajstić information content (AvgIpc) is 3.53. The molecule has 8 heteroatoms. The van der Waals surface area contributed by atoms with E-state index >= 15 is 0 Å². The van der Waals surface area contributed by atoms with Gasteiger partial charge in [-0.05, 0) is 54.8 Å². The van der Waals surface area contributed by atoms with E-state index in [1.165, 1.54) is 0 Å². The number of methoxy groups -OCH3 is 1. The van der Waals surface area contributed by atoms with Gasteiger partial charge in [0, 0.05) is 32.1 Å². The molecule has 3 atom stereocenters. The predicted molar refractivity (Wildman–Crippen MR) is 136 cm³/mol. The van der Waals surface area contributed by atoms with E-state index in [1.807, 2.05) is 60.7 Å². The summed E-state index contributed by atoms with van der Waals surface area (Å²) in [5.41, 5.74) is 2.65. The maximum absolute atomic E-state index is 13.4. The lowest BCUT2D eigenvalue weighted by Gasteiger charge is -2.24. The molecule has 5 rings (SSSR count). The van der Waals surface area contributed by atoms with E-state index in [1.54, 1.807) is 17.6 Å². The summed E-state index contributed by atoms with van der Waals surface area (Å²) in [7, 11) is -1.81. The van der Waals surface area contributed by atoms with Crippen LogP contribution < -0.4 is 9.64 Å². The van der Waals surface area contributed by atoms with Crippen molar-refractivity contribution in [3.8, 4) is 5.75 Å². The molecular weight excluding hydrogens is 462 g/mol. The molecule has 3 heterocycles. The highest BCUT2D eigenvalue weighted by Gasteiger charge is 2.37. The van der Waals surface area contributed by atoms with E-state index in [0.717, 1.165) is 30.8 Å². The first-order chi connectivity index (χ1) is 17.0. The summed E-state index contributed by atoms with van der Waals surface area (Å²) >= 11 is 0. The van der Waals surface area contributed by atoms with Gasteiger partial charge in [-0.3, -0.25) is 4.98 Å². The van der Waals surface area contributed by atoms with E-state index in [0.29, 0.717) is 24.4 Å². The highest BCUT2D eigenvalue weighted by atomic mass is 32.2. The van der Waals surface area contributed by atoms with Gasteiger partial charge >= 0.3 is 0 Å². The summed E-state index contributed by atoms with van der Waals surface area (Å²) in [4.78, 5) is 6.65. The zero-order chi connectivity index (χ0) is 24.3. The van der Waals surface area contributed by atoms with E-state index < -0.39 is 10.0 Å². The predicted octanol–water partition coefficient (Wildman–Crippen LogP) is 4.03. The first-order valence-corrected chi connectivity index (χ1v) is 13.6. The second kappa shape index (κ2) is 10.4. The molecule has 0 saturated carbocycles. The van der Waals surface area contributed by atoms with Gasteiger partial charge in [0.05, 0.1) is 24.0 Å². The van der Waals surface area contributed by atoms with Crippen molar-refractivity contribution in [3.05, 3.63) is 90.3 Å². The third-order valence-electron chi connectivity index (χ3n) is 6.76. The third kappa shape index (κ3) is 5.34. The fourth-order valence-electron chi connectivity index (χ4n) is 5.05. The van der Waals surface area contributed by atoms with Crippen LogP contribution in [0.1, 0.15) is 30.1 Å². The number of sulfonamides is 1. The summed E-state index contributed by atoms with van der Waals surface area (Å²) in [5.74, 6) is 0.588. The van der Waals surface area contributed by atoms with Crippen LogP contribution in [-0.2, 0) is 20.5 Å². The fraction of sp³-hybridized carbons (Fsp3) is 0.370. The van der Waals surface area contributed by atoms with Gasteiger partial charge in [0.2, 0.25) is 10.0 Å². The van der Waals surface area contributed by atoms with Crippen molar-refractivity contribution < 1.29 is 17.9 Å². The van der Waals surface area contributed by atoms with Gasteiger partial charge < -0.3 is 14.4 Å². The lowest BCUT2D eigenvalue weighted by Crippen LogP contribution is -2.32. The fourth-order valence-corrected chi connectivity index (χ4v) is 6.83. The van der Waals surface area contributed by atoms with Crippen molar-refractivity contribution in [2.75, 3.05) is 31.6 Å². The Hall–Kier alpha value is -2.94. The number of anilines is 1. The number of aromatic nitrogens is 1. The molecule has 7 nitrogen and oxygen atoms in total. The van der Waals surface area contributed by atoms with Crippen LogP contribution in [0.25, 0.3) is 0 Å². The van der Waals surface area contributed by atoms with Crippen molar-refractivity contribution in [1.29, 1.82) is 0 Å². The zero-order valence-corrected chi connectivity index (χ0v) is 20.7. The summed E-state index contributed by atoms with van der Waals surface area (Å²) in [6.07, 6.45) is 3.11. The average molecular weight is 494 g/mol. The molecule has 0 bridgehead atoms. The van der Waals surface area contributed by atoms with Crippen LogP contribution in [0, 0.1) is 0 Å². The first kappa shape index (κ1) is 23.8. The second-order valence-electron chi connectivity index (χ2n) is 9.10. The molecule has 0 spiro atoms. The van der Waals surface area contributed by atoms with Crippen molar-refractivity contribution >= 4 is 15.7 Å². The maximum atomic E-state index is 13.4. The van der Waals surface area contributed by atoms with Crippen LogP contribution in [0.4, 0.5) is 5.69 Å². The number of rotatable bonds is 8. The molecule has 2 aliphatic rings. The Morgan fingerprint density at radius 2 is 1.77 bits per heavy atom. The lowest BCUT2D eigenvalue weighted by atomic mass is 10.1. The molecule has 0 aliphatic carbocycles. The molecule has 2 saturated heterocycles. The third-order valence-corrected chi connectivity index (χ3v) is 8.61. The molecule has 2 fully saturated rings. The molecule has 3 aromatic rings. The Balaban J connectivity index is 1.28. The minimum atomic E-state index is -3.51. The topological polar surface area (TPSA) is 72.0 Å². The lowest BCUT2D eigenvalue weighted by molar-refractivity contribution is 0.0347. The van der Waals surface area contributed by atoms with Gasteiger partial charge in [-0.15, -0.1) is 0 Å². The zero-order valence-electron chi connectivity index (χ0n) is 19.9. The molecule has 1 aromatic heterocycles. The minimum Gasteiger partial charge on any atom is -0.486 e. The van der Waals surface area contributed by atoms with Crippen LogP contribution in [0.15, 0.2) is 79.0 Å². The molecule has 35 heavy (non-hydrogen) atoms. The second-order valence-corrected chi connectivity index (χ2v) is 11.0. The van der Waals surface area contributed by atoms with Gasteiger partial charge in [-0.25, -0.2) is 8.42 Å². The Bertz CT molecular complexity index is 1220. The number of nitrogens with zero attached hydrogens (tertiary/aromatic N) is 3. The molecule has 0 N–H and O–H groups in total. The van der Waals surface area contributed by atoms with Gasteiger partial charge in [0.1, 0.15) is 18.0 Å². The highest BCUT2D eigenvalue weighted by molar-refractivity contribution is 7.88. The smallest absolute Gasteiger partial charge is 0.218 e. The first-order valence-electron chi connectivity index (χ1n) is 12.0. The monoisotopic (exact) mass is 493 g/mol. The summed E-state index contributed by atoms with van der Waals surface area (Å²) in [6.45, 7) is 1.96. The number of hydrogen-bond acceptors (Lipinski definition) is 6. The molecule has 2 aromatic carbocycles. The van der Waals surface area contributed by atoms with Crippen molar-refractivity contribution in [2.24, 2.45) is 0 Å². The Labute approximate surface area is 207 Å². The number of benzene rings is 2.